The third-order valence-corrected chi connectivity index (χ3v) is 8.30. The van der Waals surface area contributed by atoms with Crippen molar-refractivity contribution in [3.63, 3.8) is 0 Å². The number of thiophene rings is 1. The molecule has 0 radical (unpaired) electrons. The number of amides is 1. The van der Waals surface area contributed by atoms with Gasteiger partial charge in [-0.2, -0.15) is 0 Å². The van der Waals surface area contributed by atoms with Gasteiger partial charge in [-0.05, 0) is 68.2 Å². The number of benzene rings is 1. The summed E-state index contributed by atoms with van der Waals surface area (Å²) >= 11 is 2.95. The number of fused-ring (bicyclic) bond motifs is 3. The minimum Gasteiger partial charge on any atom is -0.347 e. The first kappa shape index (κ1) is 18.9. The lowest BCUT2D eigenvalue weighted by Gasteiger charge is -2.44. The Labute approximate surface area is 167 Å². The Morgan fingerprint density at radius 2 is 1.85 bits per heavy atom. The van der Waals surface area contributed by atoms with Crippen molar-refractivity contribution in [2.75, 3.05) is 19.6 Å². The molecule has 27 heavy (non-hydrogen) atoms. The largest absolute Gasteiger partial charge is 0.347 e. The third-order valence-electron chi connectivity index (χ3n) is 5.15. The number of primary sulfonamides is 1. The molecule has 5 rings (SSSR count). The van der Waals surface area contributed by atoms with Crippen molar-refractivity contribution < 1.29 is 13.2 Å². The fourth-order valence-corrected chi connectivity index (χ4v) is 6.20. The van der Waals surface area contributed by atoms with Crippen molar-refractivity contribution in [3.8, 4) is 0 Å². The van der Waals surface area contributed by atoms with Gasteiger partial charge in [0.2, 0.25) is 10.0 Å². The molecule has 0 aliphatic carbocycles. The predicted molar refractivity (Wildman–Crippen MR) is 107 cm³/mol. The van der Waals surface area contributed by atoms with E-state index in [1.807, 2.05) is 12.1 Å². The second kappa shape index (κ2) is 7.56. The van der Waals surface area contributed by atoms with Crippen LogP contribution in [0.15, 0.2) is 50.4 Å². The maximum absolute atomic E-state index is 12.6. The molecule has 2 bridgehead atoms. The lowest BCUT2D eigenvalue weighted by atomic mass is 9.84. The van der Waals surface area contributed by atoms with E-state index in [9.17, 15) is 13.2 Å². The van der Waals surface area contributed by atoms with E-state index >= 15 is 0 Å². The molecule has 3 aliphatic rings. The number of nitrogens with one attached hydrogen (secondary N) is 1. The number of nitrogens with two attached hydrogens (primary N) is 1. The van der Waals surface area contributed by atoms with Crippen molar-refractivity contribution >= 4 is 39.0 Å². The first-order valence-electron chi connectivity index (χ1n) is 8.82. The van der Waals surface area contributed by atoms with Crippen LogP contribution in [0.4, 0.5) is 0 Å². The number of sulfonamides is 1. The van der Waals surface area contributed by atoms with E-state index < -0.39 is 10.0 Å². The molecule has 4 heterocycles. The number of carbonyl (C=O) groups excluding carboxylic acids is 1. The smallest absolute Gasteiger partial charge is 0.261 e. The quantitative estimate of drug-likeness (QED) is 0.770. The molecular formula is C18H21N3O3S3. The van der Waals surface area contributed by atoms with Gasteiger partial charge in [0.15, 0.2) is 0 Å². The van der Waals surface area contributed by atoms with Crippen molar-refractivity contribution in [1.82, 2.24) is 10.2 Å². The summed E-state index contributed by atoms with van der Waals surface area (Å²) in [5.41, 5.74) is 0. The molecule has 1 unspecified atom stereocenters. The molecule has 9 heteroatoms. The van der Waals surface area contributed by atoms with Gasteiger partial charge in [-0.3, -0.25) is 4.79 Å². The first-order valence-corrected chi connectivity index (χ1v) is 12.0. The van der Waals surface area contributed by atoms with E-state index in [1.165, 1.54) is 48.1 Å². The van der Waals surface area contributed by atoms with E-state index in [1.54, 1.807) is 12.1 Å². The Morgan fingerprint density at radius 1 is 1.15 bits per heavy atom. The van der Waals surface area contributed by atoms with Crippen LogP contribution in [0.25, 0.3) is 0 Å². The van der Waals surface area contributed by atoms with Gasteiger partial charge >= 0.3 is 0 Å². The van der Waals surface area contributed by atoms with Gasteiger partial charge in [-0.1, -0.05) is 11.8 Å². The Morgan fingerprint density at radius 3 is 2.44 bits per heavy atom. The molecule has 1 atom stereocenters. The number of hydrogen-bond donors (Lipinski definition) is 2. The van der Waals surface area contributed by atoms with Crippen LogP contribution in [0.2, 0.25) is 0 Å². The lowest BCUT2D eigenvalue weighted by Crippen LogP contribution is -2.57. The fraction of sp³-hybridized carbons (Fsp3) is 0.389. The zero-order valence-electron chi connectivity index (χ0n) is 14.6. The Balaban J connectivity index is 1.39. The van der Waals surface area contributed by atoms with Crippen LogP contribution >= 0.6 is 23.1 Å². The number of piperidine rings is 3. The third kappa shape index (κ3) is 4.38. The average molecular weight is 424 g/mol. The van der Waals surface area contributed by atoms with Crippen LogP contribution < -0.4 is 10.5 Å². The highest BCUT2D eigenvalue weighted by Gasteiger charge is 2.35. The van der Waals surface area contributed by atoms with E-state index in [-0.39, 0.29) is 16.8 Å². The van der Waals surface area contributed by atoms with Crippen molar-refractivity contribution in [2.45, 2.75) is 32.9 Å². The highest BCUT2D eigenvalue weighted by molar-refractivity contribution is 8.01. The number of rotatable bonds is 5. The Kier molecular flexibility index (Phi) is 5.30. The summed E-state index contributed by atoms with van der Waals surface area (Å²) in [5.74, 6) is 0.597. The summed E-state index contributed by atoms with van der Waals surface area (Å²) in [6, 6.07) is 10.5. The monoisotopic (exact) mass is 423 g/mol. The highest BCUT2D eigenvalue weighted by atomic mass is 32.2. The minimum absolute atomic E-state index is 0.00447. The van der Waals surface area contributed by atoms with Crippen LogP contribution in [0.1, 0.15) is 22.5 Å². The molecule has 1 amide bonds. The molecule has 3 aliphatic heterocycles. The maximum Gasteiger partial charge on any atom is 0.261 e. The summed E-state index contributed by atoms with van der Waals surface area (Å²) < 4.78 is 23.6. The number of hydrogen-bond acceptors (Lipinski definition) is 6. The molecular weight excluding hydrogens is 402 g/mol. The summed E-state index contributed by atoms with van der Waals surface area (Å²) in [4.78, 5) is 16.7. The van der Waals surface area contributed by atoms with Crippen LogP contribution in [-0.4, -0.2) is 44.9 Å². The zero-order valence-corrected chi connectivity index (χ0v) is 17.1. The predicted octanol–water partition coefficient (Wildman–Crippen LogP) is 2.37. The van der Waals surface area contributed by atoms with Crippen LogP contribution in [0, 0.1) is 5.92 Å². The van der Waals surface area contributed by atoms with Gasteiger partial charge in [-0.15, -0.1) is 11.3 Å². The van der Waals surface area contributed by atoms with Crippen LogP contribution in [0.5, 0.6) is 0 Å². The highest BCUT2D eigenvalue weighted by Crippen LogP contribution is 2.34. The second-order valence-corrected chi connectivity index (χ2v) is 11.0. The molecule has 3 saturated heterocycles. The van der Waals surface area contributed by atoms with Crippen molar-refractivity contribution in [1.29, 1.82) is 0 Å². The summed E-state index contributed by atoms with van der Waals surface area (Å²) in [6.07, 6.45) is 2.34. The molecule has 0 spiro atoms. The van der Waals surface area contributed by atoms with Crippen molar-refractivity contribution in [3.05, 3.63) is 41.3 Å². The average Bonchev–Trinajstić information content (AvgIpc) is 3.11. The molecule has 0 saturated carbocycles. The van der Waals surface area contributed by atoms with E-state index in [2.05, 4.69) is 10.2 Å². The molecule has 1 aromatic carbocycles. The summed E-state index contributed by atoms with van der Waals surface area (Å²) in [6.45, 7) is 3.27. The Hall–Kier alpha value is -1.39. The van der Waals surface area contributed by atoms with Crippen LogP contribution in [0.3, 0.4) is 0 Å². The van der Waals surface area contributed by atoms with Gasteiger partial charge in [0.25, 0.3) is 5.91 Å². The molecule has 3 N–H and O–H groups in total. The summed E-state index contributed by atoms with van der Waals surface area (Å²) in [7, 11) is -3.68. The van der Waals surface area contributed by atoms with E-state index in [4.69, 9.17) is 5.14 Å². The van der Waals surface area contributed by atoms with Crippen molar-refractivity contribution in [2.24, 2.45) is 11.1 Å². The minimum atomic E-state index is -3.68. The summed E-state index contributed by atoms with van der Waals surface area (Å²) in [5, 5.41) is 8.32. The zero-order chi connectivity index (χ0) is 19.0. The molecule has 3 fully saturated rings. The van der Waals surface area contributed by atoms with Gasteiger partial charge in [0, 0.05) is 17.5 Å². The normalized spacial score (nSPS) is 24.7. The van der Waals surface area contributed by atoms with Crippen LogP contribution in [-0.2, 0) is 10.0 Å². The molecule has 144 valence electrons. The number of carbonyl (C=O) groups is 1. The molecule has 2 aromatic rings. The van der Waals surface area contributed by atoms with E-state index in [0.717, 1.165) is 28.7 Å². The molecule has 1 aromatic heterocycles. The van der Waals surface area contributed by atoms with E-state index in [0.29, 0.717) is 10.8 Å². The SMILES string of the molecule is NS(=O)(=O)c1ccc(Sc2ccc(C(=O)NC3CN4CCC3CC4)s2)cc1. The first-order chi connectivity index (χ1) is 12.9. The van der Waals surface area contributed by atoms with Gasteiger partial charge in [0.05, 0.1) is 14.0 Å². The topological polar surface area (TPSA) is 92.5 Å². The fourth-order valence-electron chi connectivity index (χ4n) is 3.68. The lowest BCUT2D eigenvalue weighted by molar-refractivity contribution is 0.0622. The number of nitrogens with zero attached hydrogens (tertiary/aromatic N) is 1. The standard InChI is InChI=1S/C18H21N3O3S3/c19-27(23,24)14-3-1-13(2-4-14)25-17-6-5-16(26-17)18(22)20-15-11-21-9-7-12(15)8-10-21/h1-6,12,15H,7-11H2,(H,20,22)(H2,19,23,24). The van der Waals surface area contributed by atoms with Gasteiger partial charge in [0.1, 0.15) is 0 Å². The van der Waals surface area contributed by atoms with Gasteiger partial charge < -0.3 is 10.2 Å². The maximum atomic E-state index is 12.6. The Bertz CT molecular complexity index is 932. The van der Waals surface area contributed by atoms with Gasteiger partial charge in [-0.25, -0.2) is 13.6 Å². The second-order valence-electron chi connectivity index (χ2n) is 6.96. The molecule has 6 nitrogen and oxygen atoms in total.